The fraction of sp³-hybridized carbons (Fsp3) is 0.308. The molecule has 0 saturated heterocycles. The molecule has 162 valence electrons. The van der Waals surface area contributed by atoms with E-state index < -0.39 is 5.97 Å². The summed E-state index contributed by atoms with van der Waals surface area (Å²) in [5.74, 6) is -0.00311. The second kappa shape index (κ2) is 10.9. The third-order valence-corrected chi connectivity index (χ3v) is 6.19. The lowest BCUT2D eigenvalue weighted by atomic mass is 9.95. The molecule has 0 bridgehead atoms. The maximum absolute atomic E-state index is 12.9. The largest absolute Gasteiger partial charge is 0.457 e. The smallest absolute Gasteiger partial charge is 0.333 e. The van der Waals surface area contributed by atoms with Crippen LogP contribution in [0, 0.1) is 0 Å². The van der Waals surface area contributed by atoms with Crippen LogP contribution in [0.15, 0.2) is 59.9 Å². The van der Waals surface area contributed by atoms with Gasteiger partial charge in [0.05, 0.1) is 0 Å². The Kier molecular flexibility index (Phi) is 8.01. The average molecular weight is 437 g/mol. The molecule has 0 radical (unpaired) electrons. The molecule has 1 aromatic heterocycles. The average Bonchev–Trinajstić information content (AvgIpc) is 2.78. The van der Waals surface area contributed by atoms with Gasteiger partial charge in [0.1, 0.15) is 5.75 Å². The SMILES string of the molecule is C=CC(=O)OCOc1ccc2cc(-c3ccc(CCCCC)cc3CC)c(=O)sc2c1. The Labute approximate surface area is 187 Å². The summed E-state index contributed by atoms with van der Waals surface area (Å²) in [6.45, 7) is 7.48. The summed E-state index contributed by atoms with van der Waals surface area (Å²) in [5, 5.41) is 0.976. The van der Waals surface area contributed by atoms with Crippen molar-refractivity contribution in [3.05, 3.63) is 75.8 Å². The van der Waals surface area contributed by atoms with Crippen molar-refractivity contribution in [2.75, 3.05) is 6.79 Å². The van der Waals surface area contributed by atoms with Crippen LogP contribution in [0.5, 0.6) is 5.75 Å². The van der Waals surface area contributed by atoms with Gasteiger partial charge in [0.15, 0.2) is 0 Å². The Morgan fingerprint density at radius 1 is 1.06 bits per heavy atom. The monoisotopic (exact) mass is 436 g/mol. The molecule has 0 aliphatic heterocycles. The summed E-state index contributed by atoms with van der Waals surface area (Å²) in [5.41, 5.74) is 4.30. The van der Waals surface area contributed by atoms with Crippen LogP contribution in [0.4, 0.5) is 0 Å². The Bertz CT molecular complexity index is 1130. The van der Waals surface area contributed by atoms with Gasteiger partial charge in [-0.15, -0.1) is 0 Å². The highest BCUT2D eigenvalue weighted by molar-refractivity contribution is 7.16. The highest BCUT2D eigenvalue weighted by Crippen LogP contribution is 2.30. The van der Waals surface area contributed by atoms with Crippen molar-refractivity contribution in [3.63, 3.8) is 0 Å². The maximum Gasteiger partial charge on any atom is 0.333 e. The summed E-state index contributed by atoms with van der Waals surface area (Å²) >= 11 is 1.20. The highest BCUT2D eigenvalue weighted by atomic mass is 32.1. The third-order valence-electron chi connectivity index (χ3n) is 5.21. The van der Waals surface area contributed by atoms with Crippen molar-refractivity contribution < 1.29 is 14.3 Å². The molecule has 3 aromatic rings. The van der Waals surface area contributed by atoms with E-state index in [4.69, 9.17) is 9.47 Å². The van der Waals surface area contributed by atoms with Crippen molar-refractivity contribution >= 4 is 27.4 Å². The number of carbonyl (C=O) groups excluding carboxylic acids is 1. The van der Waals surface area contributed by atoms with Gasteiger partial charge in [0, 0.05) is 16.3 Å². The van der Waals surface area contributed by atoms with Crippen LogP contribution in [-0.2, 0) is 22.4 Å². The standard InChI is InChI=1S/C26H28O4S/c1-4-7-8-9-18-10-13-22(19(5-2)14-18)23-15-20-11-12-21(16-24(20)31-26(23)28)29-17-30-25(27)6-3/h6,10-16H,3-5,7-9,17H2,1-2H3. The van der Waals surface area contributed by atoms with Crippen LogP contribution in [0.3, 0.4) is 0 Å². The van der Waals surface area contributed by atoms with Crippen molar-refractivity contribution in [3.8, 4) is 16.9 Å². The number of benzene rings is 2. The van der Waals surface area contributed by atoms with Crippen LogP contribution in [0.1, 0.15) is 44.2 Å². The maximum atomic E-state index is 12.9. The molecule has 0 aliphatic rings. The Morgan fingerprint density at radius 3 is 2.65 bits per heavy atom. The molecule has 0 unspecified atom stereocenters. The van der Waals surface area contributed by atoms with E-state index in [1.165, 1.54) is 41.7 Å². The third kappa shape index (κ3) is 5.82. The first-order valence-electron chi connectivity index (χ1n) is 10.7. The summed E-state index contributed by atoms with van der Waals surface area (Å²) < 4.78 is 11.1. The quantitative estimate of drug-likeness (QED) is 0.162. The molecule has 0 N–H and O–H groups in total. The first-order valence-corrected chi connectivity index (χ1v) is 11.5. The van der Waals surface area contributed by atoms with E-state index >= 15 is 0 Å². The molecule has 0 aliphatic carbocycles. The van der Waals surface area contributed by atoms with Crippen molar-refractivity contribution in [2.24, 2.45) is 0 Å². The van der Waals surface area contributed by atoms with Gasteiger partial charge in [-0.3, -0.25) is 4.79 Å². The summed E-state index contributed by atoms with van der Waals surface area (Å²) in [7, 11) is 0. The Hall–Kier alpha value is -2.92. The number of ether oxygens (including phenoxy) is 2. The van der Waals surface area contributed by atoms with Gasteiger partial charge in [0.2, 0.25) is 11.5 Å². The molecular formula is C26H28O4S. The number of hydrogen-bond acceptors (Lipinski definition) is 5. The molecule has 0 saturated carbocycles. The predicted octanol–water partition coefficient (Wildman–Crippen LogP) is 6.29. The molecule has 4 nitrogen and oxygen atoms in total. The molecule has 31 heavy (non-hydrogen) atoms. The summed E-state index contributed by atoms with van der Waals surface area (Å²) in [4.78, 5) is 24.1. The number of fused-ring (bicyclic) bond motifs is 1. The first kappa shape index (κ1) is 22.8. The van der Waals surface area contributed by atoms with Crippen LogP contribution in [0.2, 0.25) is 0 Å². The number of carbonyl (C=O) groups is 1. The van der Waals surface area contributed by atoms with Gasteiger partial charge in [0.25, 0.3) is 0 Å². The van der Waals surface area contributed by atoms with Gasteiger partial charge in [-0.1, -0.05) is 62.8 Å². The number of hydrogen-bond donors (Lipinski definition) is 0. The molecule has 0 amide bonds. The van der Waals surface area contributed by atoms with Crippen molar-refractivity contribution in [1.29, 1.82) is 0 Å². The predicted molar refractivity (Wildman–Crippen MR) is 128 cm³/mol. The molecular weight excluding hydrogens is 408 g/mol. The molecule has 5 heteroatoms. The molecule has 1 heterocycles. The van der Waals surface area contributed by atoms with E-state index in [9.17, 15) is 9.59 Å². The van der Waals surface area contributed by atoms with Gasteiger partial charge < -0.3 is 9.47 Å². The number of aryl methyl sites for hydroxylation is 2. The number of unbranched alkanes of at least 4 members (excludes halogenated alkanes) is 2. The van der Waals surface area contributed by atoms with Crippen LogP contribution >= 0.6 is 11.3 Å². The van der Waals surface area contributed by atoms with Gasteiger partial charge in [-0.2, -0.15) is 0 Å². The molecule has 0 spiro atoms. The molecule has 2 aromatic carbocycles. The minimum atomic E-state index is -0.543. The number of rotatable bonds is 10. The minimum Gasteiger partial charge on any atom is -0.457 e. The van der Waals surface area contributed by atoms with E-state index in [2.05, 4.69) is 38.6 Å². The molecule has 0 fully saturated rings. The second-order valence-electron chi connectivity index (χ2n) is 7.38. The van der Waals surface area contributed by atoms with Crippen LogP contribution in [-0.4, -0.2) is 12.8 Å². The molecule has 3 rings (SSSR count). The van der Waals surface area contributed by atoms with E-state index in [1.54, 1.807) is 6.07 Å². The van der Waals surface area contributed by atoms with Crippen LogP contribution < -0.4 is 9.48 Å². The van der Waals surface area contributed by atoms with Gasteiger partial charge in [-0.05, 0) is 65.6 Å². The van der Waals surface area contributed by atoms with Crippen molar-refractivity contribution in [2.45, 2.75) is 46.0 Å². The molecule has 0 atom stereocenters. The summed E-state index contributed by atoms with van der Waals surface area (Å²) in [6, 6.07) is 14.0. The van der Waals surface area contributed by atoms with E-state index in [0.29, 0.717) is 5.75 Å². The van der Waals surface area contributed by atoms with Gasteiger partial charge >= 0.3 is 5.97 Å². The normalized spacial score (nSPS) is 10.8. The minimum absolute atomic E-state index is 0.0242. The topological polar surface area (TPSA) is 52.6 Å². The van der Waals surface area contributed by atoms with E-state index in [0.717, 1.165) is 40.1 Å². The van der Waals surface area contributed by atoms with Crippen molar-refractivity contribution in [1.82, 2.24) is 0 Å². The lowest BCUT2D eigenvalue weighted by Gasteiger charge is -2.12. The van der Waals surface area contributed by atoms with Crippen LogP contribution in [0.25, 0.3) is 21.2 Å². The lowest BCUT2D eigenvalue weighted by molar-refractivity contribution is -0.144. The zero-order valence-corrected chi connectivity index (χ0v) is 18.9. The highest BCUT2D eigenvalue weighted by Gasteiger charge is 2.12. The zero-order chi connectivity index (χ0) is 22.2. The Balaban J connectivity index is 1.86. The Morgan fingerprint density at radius 2 is 1.90 bits per heavy atom. The first-order chi connectivity index (χ1) is 15.0. The van der Waals surface area contributed by atoms with Gasteiger partial charge in [-0.25, -0.2) is 4.79 Å². The fourth-order valence-electron chi connectivity index (χ4n) is 3.52. The lowest BCUT2D eigenvalue weighted by Crippen LogP contribution is -2.07. The van der Waals surface area contributed by atoms with E-state index in [1.807, 2.05) is 18.2 Å². The second-order valence-corrected chi connectivity index (χ2v) is 8.39. The zero-order valence-electron chi connectivity index (χ0n) is 18.1. The number of esters is 1. The fourth-order valence-corrected chi connectivity index (χ4v) is 4.42. The summed E-state index contributed by atoms with van der Waals surface area (Å²) in [6.07, 6.45) is 6.69. The van der Waals surface area contributed by atoms with E-state index in [-0.39, 0.29) is 11.5 Å².